The monoisotopic (exact) mass is 194 g/mol. The first-order valence-electron chi connectivity index (χ1n) is 2.88. The van der Waals surface area contributed by atoms with Crippen LogP contribution in [0.15, 0.2) is 0 Å². The molecule has 0 aliphatic carbocycles. The topological polar surface area (TPSA) is 92.8 Å². The van der Waals surface area contributed by atoms with Gasteiger partial charge in [0.25, 0.3) is 5.91 Å². The van der Waals surface area contributed by atoms with Crippen LogP contribution < -0.4 is 4.72 Å². The van der Waals surface area contributed by atoms with Crippen molar-refractivity contribution in [3.05, 3.63) is 0 Å². The van der Waals surface area contributed by atoms with Crippen LogP contribution in [0.2, 0.25) is 0 Å². The second kappa shape index (κ2) is 2.63. The molecule has 0 aromatic rings. The first kappa shape index (κ1) is 8.78. The Morgan fingerprint density at radius 3 is 2.58 bits per heavy atom. The zero-order valence-electron chi connectivity index (χ0n) is 6.10. The smallest absolute Gasteiger partial charge is 0.425 e. The molecule has 1 rings (SSSR count). The highest BCUT2D eigenvalue weighted by atomic mass is 32.2. The molecule has 7 nitrogen and oxygen atoms in total. The lowest BCUT2D eigenvalue weighted by molar-refractivity contribution is -0.118. The molecule has 1 heterocycles. The van der Waals surface area contributed by atoms with Crippen molar-refractivity contribution in [3.8, 4) is 0 Å². The average molecular weight is 194 g/mol. The lowest BCUT2D eigenvalue weighted by Crippen LogP contribution is -2.34. The fraction of sp³-hybridized carbons (Fsp3) is 0.500. The number of carbonyl (C=O) groups excluding carboxylic acids is 2. The van der Waals surface area contributed by atoms with Crippen molar-refractivity contribution in [1.82, 2.24) is 9.03 Å². The third-order valence-corrected chi connectivity index (χ3v) is 2.54. The summed E-state index contributed by atoms with van der Waals surface area (Å²) >= 11 is 0. The Morgan fingerprint density at radius 2 is 2.25 bits per heavy atom. The van der Waals surface area contributed by atoms with Crippen LogP contribution in [0.4, 0.5) is 4.79 Å². The number of nitrogens with zero attached hydrogens (tertiary/aromatic N) is 1. The van der Waals surface area contributed by atoms with Gasteiger partial charge in [-0.15, -0.1) is 0 Å². The number of carbonyl (C=O) groups is 2. The molecule has 0 saturated carbocycles. The van der Waals surface area contributed by atoms with Crippen molar-refractivity contribution in [3.63, 3.8) is 0 Å². The van der Waals surface area contributed by atoms with Crippen LogP contribution in [0.3, 0.4) is 0 Å². The number of hydrogen-bond donors (Lipinski definition) is 1. The Bertz CT molecular complexity index is 320. The molecule has 12 heavy (non-hydrogen) atoms. The Morgan fingerprint density at radius 1 is 1.67 bits per heavy atom. The number of rotatable bonds is 0. The lowest BCUT2D eigenvalue weighted by atomic mass is 10.6. The van der Waals surface area contributed by atoms with Crippen molar-refractivity contribution >= 4 is 22.2 Å². The maximum Gasteiger partial charge on any atom is 0.425 e. The summed E-state index contributed by atoms with van der Waals surface area (Å²) in [5, 5.41) is 0. The van der Waals surface area contributed by atoms with E-state index >= 15 is 0 Å². The van der Waals surface area contributed by atoms with E-state index < -0.39 is 28.8 Å². The molecule has 0 unspecified atom stereocenters. The number of amides is 2. The zero-order valence-corrected chi connectivity index (χ0v) is 6.92. The molecule has 1 fully saturated rings. The molecule has 0 aromatic heterocycles. The molecule has 1 N–H and O–H groups in total. The summed E-state index contributed by atoms with van der Waals surface area (Å²) in [6, 6.07) is 0. The van der Waals surface area contributed by atoms with Gasteiger partial charge in [0.15, 0.2) is 0 Å². The van der Waals surface area contributed by atoms with E-state index in [4.69, 9.17) is 0 Å². The van der Waals surface area contributed by atoms with Crippen LogP contribution in [-0.4, -0.2) is 38.4 Å². The van der Waals surface area contributed by atoms with Crippen LogP contribution in [-0.2, 0) is 19.7 Å². The van der Waals surface area contributed by atoms with E-state index in [0.29, 0.717) is 4.31 Å². The SMILES string of the molecule is COC(=O)N1CC(=O)NS1(=O)=O. The molecule has 0 bridgehead atoms. The predicted octanol–water partition coefficient (Wildman–Crippen LogP) is -1.57. The second-order valence-corrected chi connectivity index (χ2v) is 3.60. The maximum atomic E-state index is 10.9. The lowest BCUT2D eigenvalue weighted by Gasteiger charge is -2.09. The quantitative estimate of drug-likeness (QED) is 0.502. The van der Waals surface area contributed by atoms with Gasteiger partial charge in [-0.25, -0.2) is 9.52 Å². The number of ether oxygens (including phenoxy) is 1. The molecule has 68 valence electrons. The minimum absolute atomic E-state index is 0.315. The van der Waals surface area contributed by atoms with Gasteiger partial charge in [0.1, 0.15) is 6.54 Å². The fourth-order valence-electron chi connectivity index (χ4n) is 0.711. The van der Waals surface area contributed by atoms with Crippen molar-refractivity contribution in [1.29, 1.82) is 0 Å². The predicted molar refractivity (Wildman–Crippen MR) is 36.2 cm³/mol. The third-order valence-electron chi connectivity index (χ3n) is 1.20. The highest BCUT2D eigenvalue weighted by Gasteiger charge is 2.38. The van der Waals surface area contributed by atoms with Gasteiger partial charge in [-0.2, -0.15) is 12.7 Å². The Kier molecular flexibility index (Phi) is 1.92. The largest absolute Gasteiger partial charge is 0.452 e. The van der Waals surface area contributed by atoms with Gasteiger partial charge in [0, 0.05) is 0 Å². The summed E-state index contributed by atoms with van der Waals surface area (Å²) in [5.41, 5.74) is 0. The molecular formula is C4H6N2O5S. The van der Waals surface area contributed by atoms with E-state index in [-0.39, 0.29) is 0 Å². The Hall–Kier alpha value is -1.31. The number of hydrogen-bond acceptors (Lipinski definition) is 5. The maximum absolute atomic E-state index is 10.9. The van der Waals surface area contributed by atoms with Crippen LogP contribution in [0.25, 0.3) is 0 Å². The first-order valence-corrected chi connectivity index (χ1v) is 4.32. The fourth-order valence-corrected chi connectivity index (χ4v) is 1.73. The van der Waals surface area contributed by atoms with Gasteiger partial charge in [-0.3, -0.25) is 4.79 Å². The van der Waals surface area contributed by atoms with Gasteiger partial charge in [0.05, 0.1) is 7.11 Å². The van der Waals surface area contributed by atoms with Gasteiger partial charge >= 0.3 is 16.3 Å². The molecular weight excluding hydrogens is 188 g/mol. The van der Waals surface area contributed by atoms with Gasteiger partial charge < -0.3 is 4.74 Å². The number of nitrogens with one attached hydrogen (secondary N) is 1. The summed E-state index contributed by atoms with van der Waals surface area (Å²) < 4.78 is 27.8. The molecule has 1 aliphatic rings. The van der Waals surface area contributed by atoms with E-state index in [2.05, 4.69) is 4.74 Å². The summed E-state index contributed by atoms with van der Waals surface area (Å²) in [5.74, 6) is -0.750. The molecule has 0 atom stereocenters. The van der Waals surface area contributed by atoms with Crippen molar-refractivity contribution in [2.45, 2.75) is 0 Å². The molecule has 8 heteroatoms. The van der Waals surface area contributed by atoms with E-state index in [9.17, 15) is 18.0 Å². The number of methoxy groups -OCH3 is 1. The molecule has 0 spiro atoms. The second-order valence-electron chi connectivity index (χ2n) is 2.01. The molecule has 2 amide bonds. The standard InChI is InChI=1S/C4H6N2O5S/c1-11-4(8)6-2-3(7)5-12(6,9)10/h2H2,1H3,(H,5,7). The summed E-state index contributed by atoms with van der Waals surface area (Å²) in [6.45, 7) is -0.519. The Balaban J connectivity index is 2.93. The average Bonchev–Trinajstić information content (AvgIpc) is 2.23. The van der Waals surface area contributed by atoms with Crippen LogP contribution in [0, 0.1) is 0 Å². The molecule has 0 aromatic carbocycles. The van der Waals surface area contributed by atoms with Crippen LogP contribution in [0.5, 0.6) is 0 Å². The molecule has 1 saturated heterocycles. The van der Waals surface area contributed by atoms with Crippen LogP contribution >= 0.6 is 0 Å². The van der Waals surface area contributed by atoms with E-state index in [0.717, 1.165) is 7.11 Å². The van der Waals surface area contributed by atoms with Gasteiger partial charge in [-0.05, 0) is 0 Å². The van der Waals surface area contributed by atoms with Crippen LogP contribution in [0.1, 0.15) is 0 Å². The van der Waals surface area contributed by atoms with Gasteiger partial charge in [-0.1, -0.05) is 0 Å². The van der Waals surface area contributed by atoms with Gasteiger partial charge in [0.2, 0.25) is 0 Å². The highest BCUT2D eigenvalue weighted by molar-refractivity contribution is 7.88. The normalized spacial score (nSPS) is 20.4. The van der Waals surface area contributed by atoms with Crippen molar-refractivity contribution in [2.75, 3.05) is 13.7 Å². The van der Waals surface area contributed by atoms with Crippen molar-refractivity contribution < 1.29 is 22.7 Å². The van der Waals surface area contributed by atoms with Crippen molar-refractivity contribution in [2.24, 2.45) is 0 Å². The molecule has 0 radical (unpaired) electrons. The summed E-state index contributed by atoms with van der Waals surface area (Å²) in [4.78, 5) is 21.3. The Labute approximate surface area is 68.5 Å². The molecule has 1 aliphatic heterocycles. The first-order chi connectivity index (χ1) is 5.47. The minimum Gasteiger partial charge on any atom is -0.452 e. The van der Waals surface area contributed by atoms with E-state index in [1.54, 1.807) is 4.72 Å². The third kappa shape index (κ3) is 1.33. The summed E-state index contributed by atoms with van der Waals surface area (Å²) in [7, 11) is -2.96. The zero-order chi connectivity index (χ0) is 9.35. The van der Waals surface area contributed by atoms with E-state index in [1.807, 2.05) is 0 Å². The minimum atomic E-state index is -3.99. The summed E-state index contributed by atoms with van der Waals surface area (Å²) in [6.07, 6.45) is -1.08. The van der Waals surface area contributed by atoms with E-state index in [1.165, 1.54) is 0 Å². The highest BCUT2D eigenvalue weighted by Crippen LogP contribution is 2.06.